The lowest BCUT2D eigenvalue weighted by Gasteiger charge is -2.11. The molecule has 1 fully saturated rings. The Hall–Kier alpha value is -2.38. The first-order chi connectivity index (χ1) is 11.5. The molecule has 0 bridgehead atoms. The van der Waals surface area contributed by atoms with Crippen LogP contribution in [0.3, 0.4) is 0 Å². The van der Waals surface area contributed by atoms with Crippen molar-refractivity contribution in [1.29, 1.82) is 0 Å². The average molecular weight is 367 g/mol. The number of halogens is 1. The van der Waals surface area contributed by atoms with Crippen LogP contribution in [0.25, 0.3) is 6.08 Å². The molecule has 0 radical (unpaired) electrons. The van der Waals surface area contributed by atoms with Crippen LogP contribution in [0.2, 0.25) is 5.02 Å². The van der Waals surface area contributed by atoms with Gasteiger partial charge in [-0.15, -0.1) is 0 Å². The van der Waals surface area contributed by atoms with E-state index in [1.165, 1.54) is 7.11 Å². The molecule has 0 saturated carbocycles. The van der Waals surface area contributed by atoms with Crippen LogP contribution in [0.15, 0.2) is 36.6 Å². The van der Waals surface area contributed by atoms with Crippen LogP contribution in [-0.2, 0) is 14.3 Å². The molecule has 1 aromatic rings. The number of carbonyl (C=O) groups is 2. The molecule has 1 aromatic carbocycles. The Morgan fingerprint density at radius 3 is 2.88 bits per heavy atom. The van der Waals surface area contributed by atoms with Crippen molar-refractivity contribution < 1.29 is 19.1 Å². The number of benzene rings is 1. The van der Waals surface area contributed by atoms with Crippen molar-refractivity contribution in [2.75, 3.05) is 20.3 Å². The summed E-state index contributed by atoms with van der Waals surface area (Å²) in [6.07, 6.45) is 3.21. The second-order valence-corrected chi connectivity index (χ2v) is 5.54. The topological polar surface area (TPSA) is 67.9 Å². The van der Waals surface area contributed by atoms with Gasteiger partial charge in [0.2, 0.25) is 0 Å². The molecule has 24 heavy (non-hydrogen) atoms. The number of amides is 1. The molecule has 0 unspecified atom stereocenters. The molecule has 126 valence electrons. The Morgan fingerprint density at radius 2 is 2.25 bits per heavy atom. The number of hydrogen-bond acceptors (Lipinski definition) is 5. The van der Waals surface area contributed by atoms with Crippen LogP contribution in [-0.4, -0.2) is 42.2 Å². The van der Waals surface area contributed by atoms with Gasteiger partial charge in [-0.2, -0.15) is 0 Å². The Bertz CT molecular complexity index is 733. The average Bonchev–Trinajstić information content (AvgIpc) is 2.81. The lowest BCUT2D eigenvalue weighted by Crippen LogP contribution is -2.35. The highest BCUT2D eigenvalue weighted by molar-refractivity contribution is 7.80. The molecule has 6 nitrogen and oxygen atoms in total. The zero-order valence-electron chi connectivity index (χ0n) is 12.9. The van der Waals surface area contributed by atoms with Crippen LogP contribution in [0.1, 0.15) is 5.56 Å². The first-order valence-electron chi connectivity index (χ1n) is 6.91. The Kier molecular flexibility index (Phi) is 5.94. The standard InChI is InChI=1S/C16H15ClN2O4S/c1-3-6-23-13-5-4-10(7-11(13)17)8-12-15(21)19(16(24)18-12)9-14(20)22-2/h3-5,7-8H,1,6,9H2,2H3,(H,18,24)/b12-8-. The molecule has 1 aliphatic heterocycles. The fourth-order valence-electron chi connectivity index (χ4n) is 1.95. The molecule has 1 heterocycles. The van der Waals surface area contributed by atoms with Crippen molar-refractivity contribution >= 4 is 46.9 Å². The summed E-state index contributed by atoms with van der Waals surface area (Å²) in [5.41, 5.74) is 0.934. The minimum Gasteiger partial charge on any atom is -0.488 e. The maximum absolute atomic E-state index is 12.3. The highest BCUT2D eigenvalue weighted by Crippen LogP contribution is 2.27. The number of thiocarbonyl (C=S) groups is 1. The van der Waals surface area contributed by atoms with Crippen LogP contribution in [0.4, 0.5) is 0 Å². The Morgan fingerprint density at radius 1 is 1.50 bits per heavy atom. The highest BCUT2D eigenvalue weighted by Gasteiger charge is 2.32. The van der Waals surface area contributed by atoms with Gasteiger partial charge in [-0.05, 0) is 36.0 Å². The zero-order chi connectivity index (χ0) is 17.7. The van der Waals surface area contributed by atoms with Crippen LogP contribution in [0, 0.1) is 0 Å². The fourth-order valence-corrected chi connectivity index (χ4v) is 2.45. The summed E-state index contributed by atoms with van der Waals surface area (Å²) >= 11 is 11.2. The normalized spacial score (nSPS) is 15.4. The summed E-state index contributed by atoms with van der Waals surface area (Å²) in [4.78, 5) is 24.8. The highest BCUT2D eigenvalue weighted by atomic mass is 35.5. The van der Waals surface area contributed by atoms with E-state index in [-0.39, 0.29) is 17.4 Å². The van der Waals surface area contributed by atoms with Gasteiger partial charge in [0.15, 0.2) is 5.11 Å². The lowest BCUT2D eigenvalue weighted by atomic mass is 10.2. The molecule has 8 heteroatoms. The maximum atomic E-state index is 12.3. The van der Waals surface area contributed by atoms with Crippen molar-refractivity contribution in [3.05, 3.63) is 47.1 Å². The van der Waals surface area contributed by atoms with E-state index in [1.807, 2.05) is 0 Å². The third kappa shape index (κ3) is 4.12. The summed E-state index contributed by atoms with van der Waals surface area (Å²) in [5.74, 6) is -0.443. The lowest BCUT2D eigenvalue weighted by molar-refractivity contribution is -0.143. The van der Waals surface area contributed by atoms with Crippen molar-refractivity contribution in [1.82, 2.24) is 10.2 Å². The second-order valence-electron chi connectivity index (χ2n) is 4.75. The van der Waals surface area contributed by atoms with Crippen molar-refractivity contribution in [3.8, 4) is 5.75 Å². The van der Waals surface area contributed by atoms with Crippen LogP contribution in [0.5, 0.6) is 5.75 Å². The number of nitrogens with zero attached hydrogens (tertiary/aromatic N) is 1. The molecule has 0 spiro atoms. The van der Waals surface area contributed by atoms with Crippen LogP contribution >= 0.6 is 23.8 Å². The summed E-state index contributed by atoms with van der Waals surface area (Å²) in [7, 11) is 1.24. The number of ether oxygens (including phenoxy) is 2. The molecule has 2 rings (SSSR count). The van der Waals surface area contributed by atoms with Crippen molar-refractivity contribution in [3.63, 3.8) is 0 Å². The number of methoxy groups -OCH3 is 1. The summed E-state index contributed by atoms with van der Waals surface area (Å²) in [6, 6.07) is 5.11. The van der Waals surface area contributed by atoms with E-state index in [9.17, 15) is 9.59 Å². The van der Waals surface area contributed by atoms with E-state index in [4.69, 9.17) is 28.6 Å². The van der Waals surface area contributed by atoms with Gasteiger partial charge in [-0.1, -0.05) is 30.3 Å². The van der Waals surface area contributed by atoms with Gasteiger partial charge in [0.05, 0.1) is 12.1 Å². The molecule has 1 N–H and O–H groups in total. The summed E-state index contributed by atoms with van der Waals surface area (Å²) < 4.78 is 9.93. The number of carbonyl (C=O) groups excluding carboxylic acids is 2. The first-order valence-corrected chi connectivity index (χ1v) is 7.69. The van der Waals surface area contributed by atoms with Crippen LogP contribution < -0.4 is 10.1 Å². The van der Waals surface area contributed by atoms with E-state index >= 15 is 0 Å². The van der Waals surface area contributed by atoms with Gasteiger partial charge in [0.1, 0.15) is 24.6 Å². The molecule has 0 aromatic heterocycles. The monoisotopic (exact) mass is 366 g/mol. The van der Waals surface area contributed by atoms with Gasteiger partial charge in [0.25, 0.3) is 5.91 Å². The first kappa shape index (κ1) is 18.0. The molecular formula is C16H15ClN2O4S. The van der Waals surface area contributed by atoms with Gasteiger partial charge < -0.3 is 14.8 Å². The molecule has 0 aliphatic carbocycles. The van der Waals surface area contributed by atoms with Gasteiger partial charge in [0, 0.05) is 0 Å². The zero-order valence-corrected chi connectivity index (χ0v) is 14.4. The third-order valence-corrected chi connectivity index (χ3v) is 3.72. The third-order valence-electron chi connectivity index (χ3n) is 3.10. The van der Waals surface area contributed by atoms with Gasteiger partial charge in [-0.3, -0.25) is 14.5 Å². The van der Waals surface area contributed by atoms with E-state index in [1.54, 1.807) is 30.4 Å². The van der Waals surface area contributed by atoms with E-state index in [0.29, 0.717) is 22.9 Å². The largest absolute Gasteiger partial charge is 0.488 e. The molecule has 0 atom stereocenters. The summed E-state index contributed by atoms with van der Waals surface area (Å²) in [5, 5.41) is 3.33. The van der Waals surface area contributed by atoms with E-state index in [0.717, 1.165) is 4.90 Å². The molecular weight excluding hydrogens is 352 g/mol. The Labute approximate surface area is 149 Å². The number of rotatable bonds is 6. The van der Waals surface area contributed by atoms with E-state index < -0.39 is 11.9 Å². The van der Waals surface area contributed by atoms with Crippen molar-refractivity contribution in [2.45, 2.75) is 0 Å². The predicted octanol–water partition coefficient (Wildman–Crippen LogP) is 2.14. The molecule has 1 aliphatic rings. The Balaban J connectivity index is 2.18. The number of esters is 1. The smallest absolute Gasteiger partial charge is 0.325 e. The molecule has 1 saturated heterocycles. The summed E-state index contributed by atoms with van der Waals surface area (Å²) in [6.45, 7) is 3.67. The SMILES string of the molecule is C=CCOc1ccc(/C=C2\NC(=S)N(CC(=O)OC)C2=O)cc1Cl. The number of nitrogens with one attached hydrogen (secondary N) is 1. The van der Waals surface area contributed by atoms with Gasteiger partial charge in [-0.25, -0.2) is 0 Å². The van der Waals surface area contributed by atoms with Crippen molar-refractivity contribution in [2.24, 2.45) is 0 Å². The maximum Gasteiger partial charge on any atom is 0.325 e. The minimum atomic E-state index is -0.555. The van der Waals surface area contributed by atoms with E-state index in [2.05, 4.69) is 16.6 Å². The molecule has 1 amide bonds. The number of hydrogen-bond donors (Lipinski definition) is 1. The quantitative estimate of drug-likeness (QED) is 0.360. The van der Waals surface area contributed by atoms with Gasteiger partial charge >= 0.3 is 5.97 Å². The minimum absolute atomic E-state index is 0.147. The fraction of sp³-hybridized carbons (Fsp3) is 0.188. The second kappa shape index (κ2) is 7.94. The predicted molar refractivity (Wildman–Crippen MR) is 94.6 cm³/mol.